The van der Waals surface area contributed by atoms with Gasteiger partial charge in [0.2, 0.25) is 11.9 Å². The van der Waals surface area contributed by atoms with E-state index < -0.39 is 0 Å². The Kier molecular flexibility index (Phi) is 7.82. The molecule has 2 aromatic carbocycles. The average molecular weight is 476 g/mol. The van der Waals surface area contributed by atoms with Crippen LogP contribution in [0.1, 0.15) is 18.1 Å². The third-order valence-corrected chi connectivity index (χ3v) is 6.64. The maximum Gasteiger partial charge on any atom is 0.247 e. The smallest absolute Gasteiger partial charge is 0.247 e. The van der Waals surface area contributed by atoms with Crippen LogP contribution in [-0.2, 0) is 16.0 Å². The van der Waals surface area contributed by atoms with E-state index in [2.05, 4.69) is 52.2 Å². The molecule has 8 heteroatoms. The first-order valence-corrected chi connectivity index (χ1v) is 12.1. The molecule has 2 heterocycles. The molecule has 0 atom stereocenters. The van der Waals surface area contributed by atoms with Crippen molar-refractivity contribution in [2.45, 2.75) is 30.2 Å². The van der Waals surface area contributed by atoms with E-state index in [0.717, 1.165) is 65.1 Å². The molecule has 1 amide bonds. The molecule has 1 aromatic heterocycles. The Morgan fingerprint density at radius 3 is 2.68 bits per heavy atom. The first-order chi connectivity index (χ1) is 16.6. The van der Waals surface area contributed by atoms with Crippen LogP contribution in [0.4, 0.5) is 23.0 Å². The molecule has 0 aliphatic carbocycles. The summed E-state index contributed by atoms with van der Waals surface area (Å²) >= 11 is 1.58. The molecule has 1 aliphatic rings. The maximum absolute atomic E-state index is 11.7. The summed E-state index contributed by atoms with van der Waals surface area (Å²) in [6, 6.07) is 14.3. The number of carbonyl (C=O) groups excluding carboxylic acids is 1. The molecule has 176 valence electrons. The monoisotopic (exact) mass is 475 g/mol. The highest BCUT2D eigenvalue weighted by atomic mass is 32.2. The number of nitrogens with one attached hydrogen (secondary N) is 2. The molecule has 3 aromatic rings. The van der Waals surface area contributed by atoms with Crippen LogP contribution >= 0.6 is 11.8 Å². The van der Waals surface area contributed by atoms with Crippen molar-refractivity contribution in [3.63, 3.8) is 0 Å². The van der Waals surface area contributed by atoms with E-state index in [-0.39, 0.29) is 5.91 Å². The minimum absolute atomic E-state index is 0.213. The van der Waals surface area contributed by atoms with Crippen LogP contribution in [0.15, 0.2) is 71.2 Å². The normalized spacial score (nSPS) is 13.4. The predicted octanol–water partition coefficient (Wildman–Crippen LogP) is 5.20. The third-order valence-electron chi connectivity index (χ3n) is 5.54. The SMILES string of the molecule is C=CC(=O)Nc1ccc(Sc2nc(Nc3ccc(N4CCOCC4)cc3)ncc2C)cc1CC. The van der Waals surface area contributed by atoms with Crippen molar-refractivity contribution < 1.29 is 9.53 Å². The van der Waals surface area contributed by atoms with Gasteiger partial charge in [0.1, 0.15) is 5.03 Å². The summed E-state index contributed by atoms with van der Waals surface area (Å²) in [5.74, 6) is 0.341. The fourth-order valence-corrected chi connectivity index (χ4v) is 4.55. The number of aryl methyl sites for hydroxylation is 2. The van der Waals surface area contributed by atoms with E-state index >= 15 is 0 Å². The lowest BCUT2D eigenvalue weighted by Crippen LogP contribution is -2.36. The molecule has 1 saturated heterocycles. The molecule has 0 spiro atoms. The number of hydrogen-bond acceptors (Lipinski definition) is 7. The van der Waals surface area contributed by atoms with Crippen LogP contribution < -0.4 is 15.5 Å². The summed E-state index contributed by atoms with van der Waals surface area (Å²) in [6.07, 6.45) is 3.91. The predicted molar refractivity (Wildman–Crippen MR) is 138 cm³/mol. The van der Waals surface area contributed by atoms with Gasteiger partial charge in [0.25, 0.3) is 0 Å². The number of ether oxygens (including phenoxy) is 1. The number of amides is 1. The number of aromatic nitrogens is 2. The van der Waals surface area contributed by atoms with Gasteiger partial charge in [-0.1, -0.05) is 25.3 Å². The van der Waals surface area contributed by atoms with E-state index in [1.807, 2.05) is 37.4 Å². The lowest BCUT2D eigenvalue weighted by Gasteiger charge is -2.28. The van der Waals surface area contributed by atoms with E-state index in [1.54, 1.807) is 11.8 Å². The molecule has 0 saturated carbocycles. The van der Waals surface area contributed by atoms with E-state index in [0.29, 0.717) is 5.95 Å². The second-order valence-corrected chi connectivity index (χ2v) is 8.98. The van der Waals surface area contributed by atoms with E-state index in [9.17, 15) is 4.79 Å². The van der Waals surface area contributed by atoms with Crippen LogP contribution in [0.25, 0.3) is 0 Å². The number of hydrogen-bond donors (Lipinski definition) is 2. The Morgan fingerprint density at radius 2 is 1.97 bits per heavy atom. The number of morpholine rings is 1. The number of nitrogens with zero attached hydrogens (tertiary/aromatic N) is 3. The fourth-order valence-electron chi connectivity index (χ4n) is 3.64. The zero-order chi connectivity index (χ0) is 23.9. The van der Waals surface area contributed by atoms with Gasteiger partial charge in [-0.3, -0.25) is 4.79 Å². The molecule has 2 N–H and O–H groups in total. The highest BCUT2D eigenvalue weighted by Gasteiger charge is 2.12. The van der Waals surface area contributed by atoms with Crippen LogP contribution in [0, 0.1) is 6.92 Å². The first kappa shape index (κ1) is 23.8. The Bertz CT molecular complexity index is 1160. The van der Waals surface area contributed by atoms with Crippen LogP contribution in [0.5, 0.6) is 0 Å². The number of anilines is 4. The lowest BCUT2D eigenvalue weighted by molar-refractivity contribution is -0.111. The van der Waals surface area contributed by atoms with Crippen LogP contribution in [0.3, 0.4) is 0 Å². The van der Waals surface area contributed by atoms with Crippen molar-refractivity contribution in [2.24, 2.45) is 0 Å². The van der Waals surface area contributed by atoms with Gasteiger partial charge in [-0.05, 0) is 67.4 Å². The Balaban J connectivity index is 1.47. The minimum atomic E-state index is -0.213. The van der Waals surface area contributed by atoms with Gasteiger partial charge in [-0.15, -0.1) is 0 Å². The first-order valence-electron chi connectivity index (χ1n) is 11.3. The Labute approximate surface area is 204 Å². The number of benzene rings is 2. The second-order valence-electron chi connectivity index (χ2n) is 7.92. The van der Waals surface area contributed by atoms with Crippen molar-refractivity contribution in [1.29, 1.82) is 0 Å². The van der Waals surface area contributed by atoms with Gasteiger partial charge in [-0.25, -0.2) is 9.97 Å². The number of carbonyl (C=O) groups is 1. The Morgan fingerprint density at radius 1 is 1.21 bits per heavy atom. The second kappa shape index (κ2) is 11.2. The molecular formula is C26H29N5O2S. The quantitative estimate of drug-likeness (QED) is 0.342. The molecule has 1 aliphatic heterocycles. The lowest BCUT2D eigenvalue weighted by atomic mass is 10.1. The van der Waals surface area contributed by atoms with Crippen LogP contribution in [0.2, 0.25) is 0 Å². The van der Waals surface area contributed by atoms with Gasteiger partial charge in [0.05, 0.1) is 13.2 Å². The minimum Gasteiger partial charge on any atom is -0.378 e. The zero-order valence-corrected chi connectivity index (χ0v) is 20.3. The number of rotatable bonds is 8. The van der Waals surface area contributed by atoms with E-state index in [4.69, 9.17) is 9.72 Å². The molecule has 7 nitrogen and oxygen atoms in total. The van der Waals surface area contributed by atoms with Gasteiger partial charge in [-0.2, -0.15) is 0 Å². The van der Waals surface area contributed by atoms with Crippen LogP contribution in [-0.4, -0.2) is 42.2 Å². The topological polar surface area (TPSA) is 79.4 Å². The standard InChI is InChI=1S/C26H29N5O2S/c1-4-19-16-22(10-11-23(19)29-24(32)5-2)34-25-18(3)17-27-26(30-25)28-20-6-8-21(9-7-20)31-12-14-33-15-13-31/h5-11,16-17H,2,4,12-15H2,1,3H3,(H,29,32)(H,27,28,30). The molecule has 34 heavy (non-hydrogen) atoms. The van der Waals surface area contributed by atoms with Crippen molar-refractivity contribution in [3.8, 4) is 0 Å². The molecular weight excluding hydrogens is 446 g/mol. The fraction of sp³-hybridized carbons (Fsp3) is 0.269. The van der Waals surface area contributed by atoms with Gasteiger partial charge >= 0.3 is 0 Å². The summed E-state index contributed by atoms with van der Waals surface area (Å²) in [4.78, 5) is 24.3. The Hall–Kier alpha value is -3.36. The largest absolute Gasteiger partial charge is 0.378 e. The third kappa shape index (κ3) is 5.95. The average Bonchev–Trinajstić information content (AvgIpc) is 2.87. The van der Waals surface area contributed by atoms with Crippen molar-refractivity contribution >= 4 is 40.7 Å². The molecule has 1 fully saturated rings. The van der Waals surface area contributed by atoms with Gasteiger partial charge < -0.3 is 20.3 Å². The van der Waals surface area contributed by atoms with Gasteiger partial charge in [0.15, 0.2) is 0 Å². The van der Waals surface area contributed by atoms with Crippen molar-refractivity contribution in [2.75, 3.05) is 41.8 Å². The molecule has 0 unspecified atom stereocenters. The zero-order valence-electron chi connectivity index (χ0n) is 19.5. The van der Waals surface area contributed by atoms with Gasteiger partial charge in [0, 0.05) is 46.8 Å². The summed E-state index contributed by atoms with van der Waals surface area (Å²) in [6.45, 7) is 10.9. The van der Waals surface area contributed by atoms with E-state index in [1.165, 1.54) is 11.8 Å². The summed E-state index contributed by atoms with van der Waals surface area (Å²) < 4.78 is 5.43. The molecule has 0 bridgehead atoms. The molecule has 4 rings (SSSR count). The molecule has 0 radical (unpaired) electrons. The summed E-state index contributed by atoms with van der Waals surface area (Å²) in [5, 5.41) is 7.06. The highest BCUT2D eigenvalue weighted by Crippen LogP contribution is 2.32. The highest BCUT2D eigenvalue weighted by molar-refractivity contribution is 7.99. The summed E-state index contributed by atoms with van der Waals surface area (Å²) in [7, 11) is 0. The van der Waals surface area contributed by atoms with Crippen molar-refractivity contribution in [1.82, 2.24) is 9.97 Å². The van der Waals surface area contributed by atoms with Crippen molar-refractivity contribution in [3.05, 3.63) is 72.4 Å². The maximum atomic E-state index is 11.7. The summed E-state index contributed by atoms with van der Waals surface area (Å²) in [5.41, 5.74) is 4.99.